The average Bonchev–Trinajstić information content (AvgIpc) is 2.73. The van der Waals surface area contributed by atoms with Crippen molar-refractivity contribution in [2.45, 2.75) is 63.8 Å². The lowest BCUT2D eigenvalue weighted by molar-refractivity contribution is -0.113. The highest BCUT2D eigenvalue weighted by atomic mass is 16.5. The van der Waals surface area contributed by atoms with E-state index in [4.69, 9.17) is 4.74 Å². The van der Waals surface area contributed by atoms with Crippen molar-refractivity contribution in [2.75, 3.05) is 6.61 Å². The molecular formula is C24H29NO3. The van der Waals surface area contributed by atoms with E-state index in [1.54, 1.807) is 0 Å². The van der Waals surface area contributed by atoms with Gasteiger partial charge in [-0.1, -0.05) is 50.2 Å². The molecule has 0 radical (unpaired) electrons. The van der Waals surface area contributed by atoms with Gasteiger partial charge in [-0.15, -0.1) is 0 Å². The van der Waals surface area contributed by atoms with Gasteiger partial charge < -0.3 is 14.9 Å². The zero-order valence-corrected chi connectivity index (χ0v) is 16.6. The molecule has 0 saturated carbocycles. The Labute approximate surface area is 167 Å². The van der Waals surface area contributed by atoms with E-state index in [-0.39, 0.29) is 18.8 Å². The minimum absolute atomic E-state index is 0.0980. The monoisotopic (exact) mass is 379 g/mol. The first kappa shape index (κ1) is 20.5. The lowest BCUT2D eigenvalue weighted by Gasteiger charge is -2.32. The Kier molecular flexibility index (Phi) is 6.85. The second-order valence-electron chi connectivity index (χ2n) is 7.81. The summed E-state index contributed by atoms with van der Waals surface area (Å²) in [6.45, 7) is 4.32. The van der Waals surface area contributed by atoms with Crippen molar-refractivity contribution in [1.82, 2.24) is 0 Å². The molecule has 2 aromatic carbocycles. The number of nitrogens with zero attached hydrogens (tertiary/aromatic N) is 1. The van der Waals surface area contributed by atoms with Crippen LogP contribution in [0.15, 0.2) is 42.5 Å². The molecule has 2 unspecified atom stereocenters. The van der Waals surface area contributed by atoms with Crippen molar-refractivity contribution in [3.05, 3.63) is 70.3 Å². The van der Waals surface area contributed by atoms with Crippen molar-refractivity contribution in [3.63, 3.8) is 0 Å². The summed E-state index contributed by atoms with van der Waals surface area (Å²) in [5, 5.41) is 29.0. The van der Waals surface area contributed by atoms with Crippen LogP contribution in [0, 0.1) is 11.3 Å². The van der Waals surface area contributed by atoms with Crippen molar-refractivity contribution in [1.29, 1.82) is 5.26 Å². The van der Waals surface area contributed by atoms with E-state index in [0.717, 1.165) is 17.5 Å². The van der Waals surface area contributed by atoms with E-state index in [0.29, 0.717) is 30.7 Å². The minimum atomic E-state index is -0.483. The molecule has 4 heteroatoms. The third-order valence-electron chi connectivity index (χ3n) is 5.76. The first-order valence-corrected chi connectivity index (χ1v) is 10.1. The van der Waals surface area contributed by atoms with E-state index in [1.165, 1.54) is 11.1 Å². The number of hydrogen-bond acceptors (Lipinski definition) is 4. The van der Waals surface area contributed by atoms with Gasteiger partial charge in [-0.2, -0.15) is 5.26 Å². The number of aliphatic hydroxyl groups excluding tert-OH is 2. The Bertz CT molecular complexity index is 825. The molecular weight excluding hydrogens is 350 g/mol. The zero-order valence-electron chi connectivity index (χ0n) is 16.6. The number of hydrogen-bond donors (Lipinski definition) is 2. The predicted octanol–water partition coefficient (Wildman–Crippen LogP) is 4.24. The van der Waals surface area contributed by atoms with Crippen LogP contribution in [-0.2, 0) is 11.2 Å². The highest BCUT2D eigenvalue weighted by Crippen LogP contribution is 2.33. The number of rotatable bonds is 6. The quantitative estimate of drug-likeness (QED) is 0.787. The molecule has 4 atom stereocenters. The Morgan fingerprint density at radius 2 is 1.93 bits per heavy atom. The molecule has 148 valence electrons. The van der Waals surface area contributed by atoms with Crippen LogP contribution in [-0.4, -0.2) is 29.0 Å². The van der Waals surface area contributed by atoms with Crippen LogP contribution in [0.2, 0.25) is 0 Å². The molecule has 28 heavy (non-hydrogen) atoms. The van der Waals surface area contributed by atoms with Gasteiger partial charge in [-0.3, -0.25) is 0 Å². The molecule has 0 spiro atoms. The highest BCUT2D eigenvalue weighted by molar-refractivity contribution is 5.44. The van der Waals surface area contributed by atoms with Crippen LogP contribution in [0.1, 0.15) is 72.9 Å². The highest BCUT2D eigenvalue weighted by Gasteiger charge is 2.29. The fourth-order valence-corrected chi connectivity index (χ4v) is 3.81. The van der Waals surface area contributed by atoms with Gasteiger partial charge >= 0.3 is 0 Å². The van der Waals surface area contributed by atoms with Crippen molar-refractivity contribution >= 4 is 0 Å². The van der Waals surface area contributed by atoms with E-state index < -0.39 is 6.10 Å². The summed E-state index contributed by atoms with van der Waals surface area (Å²) in [6.07, 6.45) is 1.66. The lowest BCUT2D eigenvalue weighted by atomic mass is 9.91. The first-order chi connectivity index (χ1) is 13.5. The van der Waals surface area contributed by atoms with E-state index >= 15 is 0 Å². The molecule has 0 amide bonds. The summed E-state index contributed by atoms with van der Waals surface area (Å²) < 4.78 is 5.93. The van der Waals surface area contributed by atoms with Crippen LogP contribution >= 0.6 is 0 Å². The Hall–Kier alpha value is -2.19. The maximum atomic E-state index is 10.1. The van der Waals surface area contributed by atoms with Gasteiger partial charge in [0.25, 0.3) is 0 Å². The smallest absolute Gasteiger partial charge is 0.0994 e. The summed E-state index contributed by atoms with van der Waals surface area (Å²) in [4.78, 5) is 0. The SMILES string of the molecule is CCC(C)c1ccc(Cc2cc(C3C[C@@H](O)C[C@@H](CO)O3)ccc2C#N)cc1. The Balaban J connectivity index is 1.82. The normalized spacial score (nSPS) is 23.2. The van der Waals surface area contributed by atoms with Gasteiger partial charge in [-0.25, -0.2) is 0 Å². The standard InChI is InChI=1S/C24H29NO3/c1-3-16(2)18-6-4-17(5-7-18)10-21-11-19(8-9-20(21)14-25)24-13-22(27)12-23(15-26)28-24/h4-9,11,16,22-24,26-27H,3,10,12-13,15H2,1-2H3/t16?,22-,23-,24?/m0/s1. The second-order valence-corrected chi connectivity index (χ2v) is 7.81. The van der Waals surface area contributed by atoms with Gasteiger partial charge in [0.15, 0.2) is 0 Å². The molecule has 1 saturated heterocycles. The molecule has 2 aromatic rings. The molecule has 1 aliphatic rings. The summed E-state index contributed by atoms with van der Waals surface area (Å²) >= 11 is 0. The molecule has 2 N–H and O–H groups in total. The molecule has 1 aliphatic heterocycles. The van der Waals surface area contributed by atoms with E-state index in [2.05, 4.69) is 44.2 Å². The molecule has 1 fully saturated rings. The molecule has 3 rings (SSSR count). The Morgan fingerprint density at radius 1 is 1.18 bits per heavy atom. The zero-order chi connectivity index (χ0) is 20.1. The topological polar surface area (TPSA) is 73.5 Å². The molecule has 0 aromatic heterocycles. The summed E-state index contributed by atoms with van der Waals surface area (Å²) in [7, 11) is 0. The van der Waals surface area contributed by atoms with Crippen molar-refractivity contribution in [2.24, 2.45) is 0 Å². The maximum Gasteiger partial charge on any atom is 0.0994 e. The molecule has 0 aliphatic carbocycles. The first-order valence-electron chi connectivity index (χ1n) is 10.1. The summed E-state index contributed by atoms with van der Waals surface area (Å²) in [5.74, 6) is 0.543. The molecule has 4 nitrogen and oxygen atoms in total. The van der Waals surface area contributed by atoms with Crippen LogP contribution in [0.3, 0.4) is 0 Å². The van der Waals surface area contributed by atoms with Crippen LogP contribution in [0.25, 0.3) is 0 Å². The number of nitriles is 1. The van der Waals surface area contributed by atoms with Crippen LogP contribution < -0.4 is 0 Å². The predicted molar refractivity (Wildman–Crippen MR) is 109 cm³/mol. The lowest BCUT2D eigenvalue weighted by Crippen LogP contribution is -2.33. The van der Waals surface area contributed by atoms with Gasteiger partial charge in [0.1, 0.15) is 0 Å². The van der Waals surface area contributed by atoms with Crippen LogP contribution in [0.4, 0.5) is 0 Å². The van der Waals surface area contributed by atoms with E-state index in [9.17, 15) is 15.5 Å². The minimum Gasteiger partial charge on any atom is -0.394 e. The van der Waals surface area contributed by atoms with Crippen molar-refractivity contribution in [3.8, 4) is 6.07 Å². The van der Waals surface area contributed by atoms with Crippen LogP contribution in [0.5, 0.6) is 0 Å². The summed E-state index contributed by atoms with van der Waals surface area (Å²) in [6, 6.07) is 16.6. The largest absolute Gasteiger partial charge is 0.394 e. The number of benzene rings is 2. The molecule has 1 heterocycles. The van der Waals surface area contributed by atoms with Gasteiger partial charge in [0, 0.05) is 12.8 Å². The fraction of sp³-hybridized carbons (Fsp3) is 0.458. The molecule has 0 bridgehead atoms. The number of aliphatic hydroxyl groups is 2. The maximum absolute atomic E-state index is 10.1. The Morgan fingerprint density at radius 3 is 2.57 bits per heavy atom. The second kappa shape index (κ2) is 9.34. The summed E-state index contributed by atoms with van der Waals surface area (Å²) in [5.41, 5.74) is 5.06. The van der Waals surface area contributed by atoms with E-state index in [1.807, 2.05) is 18.2 Å². The van der Waals surface area contributed by atoms with Gasteiger partial charge in [0.05, 0.1) is 36.6 Å². The van der Waals surface area contributed by atoms with Gasteiger partial charge in [0.2, 0.25) is 0 Å². The third kappa shape index (κ3) is 4.80. The van der Waals surface area contributed by atoms with Crippen molar-refractivity contribution < 1.29 is 14.9 Å². The number of ether oxygens (including phenoxy) is 1. The fourth-order valence-electron chi connectivity index (χ4n) is 3.81. The van der Waals surface area contributed by atoms with Gasteiger partial charge in [-0.05, 0) is 47.1 Å². The third-order valence-corrected chi connectivity index (χ3v) is 5.76. The average molecular weight is 380 g/mol.